The van der Waals surface area contributed by atoms with E-state index in [4.69, 9.17) is 4.42 Å². The lowest BCUT2D eigenvalue weighted by molar-refractivity contribution is 0.483. The second-order valence-electron chi connectivity index (χ2n) is 7.94. The van der Waals surface area contributed by atoms with E-state index in [-0.39, 0.29) is 4.90 Å². The minimum atomic E-state index is -4.28. The molecule has 0 fully saturated rings. The second-order valence-corrected chi connectivity index (χ2v) is 9.36. The van der Waals surface area contributed by atoms with E-state index in [1.165, 1.54) is 12.1 Å². The van der Waals surface area contributed by atoms with Crippen LogP contribution in [0.1, 0.15) is 26.3 Å². The molecular formula is C26H28N2O4S. The first-order valence-electron chi connectivity index (χ1n) is 11.1. The van der Waals surface area contributed by atoms with Gasteiger partial charge in [-0.1, -0.05) is 6.07 Å². The first-order valence-corrected chi connectivity index (χ1v) is 12.5. The van der Waals surface area contributed by atoms with Crippen molar-refractivity contribution in [3.63, 3.8) is 0 Å². The van der Waals surface area contributed by atoms with E-state index >= 15 is 0 Å². The van der Waals surface area contributed by atoms with Crippen molar-refractivity contribution in [1.29, 1.82) is 0 Å². The number of nitrogens with zero attached hydrogens (tertiary/aromatic N) is 2. The Hall–Kier alpha value is -3.16. The fraction of sp³-hybridized carbons (Fsp3) is 0.269. The normalized spacial score (nSPS) is 12.6. The number of anilines is 1. The molecule has 33 heavy (non-hydrogen) atoms. The average Bonchev–Trinajstić information content (AvgIpc) is 2.78. The molecule has 1 aliphatic carbocycles. The Kier molecular flexibility index (Phi) is 6.28. The van der Waals surface area contributed by atoms with Crippen molar-refractivity contribution in [3.8, 4) is 22.5 Å². The molecular weight excluding hydrogens is 436 g/mol. The molecule has 0 spiro atoms. The summed E-state index contributed by atoms with van der Waals surface area (Å²) in [5.41, 5.74) is 5.32. The highest BCUT2D eigenvalue weighted by molar-refractivity contribution is 7.85. The third-order valence-corrected chi connectivity index (χ3v) is 6.77. The Balaban J connectivity index is 2.07. The van der Waals surface area contributed by atoms with Gasteiger partial charge in [-0.3, -0.25) is 9.55 Å². The zero-order chi connectivity index (χ0) is 23.8. The molecule has 1 N–H and O–H groups in total. The van der Waals surface area contributed by atoms with Crippen LogP contribution < -0.4 is 10.3 Å². The predicted molar refractivity (Wildman–Crippen MR) is 132 cm³/mol. The third kappa shape index (κ3) is 4.38. The van der Waals surface area contributed by atoms with Crippen molar-refractivity contribution in [1.82, 2.24) is 0 Å². The van der Waals surface area contributed by atoms with E-state index < -0.39 is 10.1 Å². The van der Waals surface area contributed by atoms with Crippen molar-refractivity contribution in [2.24, 2.45) is 4.99 Å². The molecule has 0 amide bonds. The standard InChI is InChI=1S/C26H28N2O4S/c1-5-27-18-8-11-22-24(15-18)32-25-16-19(28(6-2)7-3)9-12-23(25)26(22)21-13-10-20(14-17(21)4)33(29,30)31/h8-16H,5-7H2,1-4H3,(H,29,30,31)/b27-18+. The third-order valence-electron chi connectivity index (χ3n) is 5.92. The summed E-state index contributed by atoms with van der Waals surface area (Å²) in [7, 11) is -4.28. The number of aryl methyl sites for hydroxylation is 1. The van der Waals surface area contributed by atoms with Crippen LogP contribution in [0.3, 0.4) is 0 Å². The van der Waals surface area contributed by atoms with E-state index in [1.54, 1.807) is 6.07 Å². The van der Waals surface area contributed by atoms with Gasteiger partial charge >= 0.3 is 0 Å². The lowest BCUT2D eigenvalue weighted by Gasteiger charge is -2.22. The number of hydrogen-bond donors (Lipinski definition) is 1. The molecule has 0 saturated carbocycles. The van der Waals surface area contributed by atoms with Crippen LogP contribution in [0.2, 0.25) is 0 Å². The summed E-state index contributed by atoms with van der Waals surface area (Å²) in [4.78, 5) is 6.64. The fourth-order valence-corrected chi connectivity index (χ4v) is 4.87. The molecule has 0 aromatic heterocycles. The van der Waals surface area contributed by atoms with Gasteiger partial charge < -0.3 is 9.32 Å². The molecule has 7 heteroatoms. The minimum Gasteiger partial charge on any atom is -0.456 e. The average molecular weight is 465 g/mol. The van der Waals surface area contributed by atoms with Crippen molar-refractivity contribution >= 4 is 26.8 Å². The second kappa shape index (κ2) is 9.00. The number of hydrogen-bond acceptors (Lipinski definition) is 5. The summed E-state index contributed by atoms with van der Waals surface area (Å²) in [6, 6.07) is 16.8. The van der Waals surface area contributed by atoms with Crippen LogP contribution in [0.4, 0.5) is 5.69 Å². The topological polar surface area (TPSA) is 83.1 Å². The molecule has 2 aliphatic rings. The summed E-state index contributed by atoms with van der Waals surface area (Å²) in [6.45, 7) is 10.5. The number of fused-ring (bicyclic) bond motifs is 2. The Labute approximate surface area is 194 Å². The Morgan fingerprint density at radius 1 is 0.939 bits per heavy atom. The molecule has 4 rings (SSSR count). The van der Waals surface area contributed by atoms with E-state index in [1.807, 2.05) is 32.0 Å². The maximum Gasteiger partial charge on any atom is 0.294 e. The zero-order valence-electron chi connectivity index (χ0n) is 19.3. The lowest BCUT2D eigenvalue weighted by atomic mass is 9.91. The first kappa shape index (κ1) is 23.0. The highest BCUT2D eigenvalue weighted by atomic mass is 32.2. The molecule has 2 aromatic carbocycles. The lowest BCUT2D eigenvalue weighted by Crippen LogP contribution is -2.21. The van der Waals surface area contributed by atoms with Crippen LogP contribution in [-0.4, -0.2) is 32.6 Å². The predicted octanol–water partition coefficient (Wildman–Crippen LogP) is 5.53. The van der Waals surface area contributed by atoms with E-state index in [0.717, 1.165) is 57.4 Å². The molecule has 6 nitrogen and oxygen atoms in total. The van der Waals surface area contributed by atoms with Gasteiger partial charge in [0.15, 0.2) is 0 Å². The maximum absolute atomic E-state index is 11.6. The van der Waals surface area contributed by atoms with Gasteiger partial charge in [-0.05, 0) is 75.2 Å². The van der Waals surface area contributed by atoms with Gasteiger partial charge in [-0.2, -0.15) is 8.42 Å². The number of benzene rings is 3. The SMILES string of the molecule is CC/N=c1\ccc2c(-c3ccc(S(=O)(=O)O)cc3C)c3ccc(N(CC)CC)cc3oc-2c1. The largest absolute Gasteiger partial charge is 0.456 e. The van der Waals surface area contributed by atoms with Gasteiger partial charge in [0.2, 0.25) is 0 Å². The van der Waals surface area contributed by atoms with Crippen LogP contribution in [0, 0.1) is 6.92 Å². The van der Waals surface area contributed by atoms with Crippen LogP contribution in [0.5, 0.6) is 0 Å². The smallest absolute Gasteiger partial charge is 0.294 e. The Bertz CT molecular complexity index is 1470. The summed E-state index contributed by atoms with van der Waals surface area (Å²) in [5.74, 6) is 0.710. The van der Waals surface area contributed by atoms with Gasteiger partial charge in [0.25, 0.3) is 10.1 Å². The van der Waals surface area contributed by atoms with Crippen LogP contribution in [0.25, 0.3) is 33.4 Å². The van der Waals surface area contributed by atoms with Gasteiger partial charge in [0.1, 0.15) is 11.3 Å². The molecule has 172 valence electrons. The van der Waals surface area contributed by atoms with E-state index in [0.29, 0.717) is 12.3 Å². The van der Waals surface area contributed by atoms with Gasteiger partial charge in [-0.25, -0.2) is 0 Å². The molecule has 0 bridgehead atoms. The highest BCUT2D eigenvalue weighted by Crippen LogP contribution is 2.42. The Morgan fingerprint density at radius 3 is 2.30 bits per heavy atom. The summed E-state index contributed by atoms with van der Waals surface area (Å²) in [6.07, 6.45) is 0. The zero-order valence-corrected chi connectivity index (χ0v) is 20.1. The fourth-order valence-electron chi connectivity index (χ4n) is 4.30. The van der Waals surface area contributed by atoms with Gasteiger partial charge in [-0.15, -0.1) is 0 Å². The molecule has 2 aromatic rings. The monoisotopic (exact) mass is 464 g/mol. The van der Waals surface area contributed by atoms with Gasteiger partial charge in [0.05, 0.1) is 10.3 Å². The maximum atomic E-state index is 11.6. The molecule has 0 radical (unpaired) electrons. The number of rotatable bonds is 6. The molecule has 1 heterocycles. The Morgan fingerprint density at radius 2 is 1.67 bits per heavy atom. The van der Waals surface area contributed by atoms with Crippen molar-refractivity contribution in [3.05, 3.63) is 65.5 Å². The van der Waals surface area contributed by atoms with Crippen LogP contribution >= 0.6 is 0 Å². The van der Waals surface area contributed by atoms with E-state index in [2.05, 4.69) is 41.9 Å². The molecule has 0 unspecified atom stereocenters. The highest BCUT2D eigenvalue weighted by Gasteiger charge is 2.20. The summed E-state index contributed by atoms with van der Waals surface area (Å²) in [5, 5.41) is 1.78. The van der Waals surface area contributed by atoms with Crippen molar-refractivity contribution in [2.45, 2.75) is 32.6 Å². The first-order chi connectivity index (χ1) is 15.8. The molecule has 1 aliphatic heterocycles. The van der Waals surface area contributed by atoms with E-state index in [9.17, 15) is 13.0 Å². The van der Waals surface area contributed by atoms with Crippen molar-refractivity contribution < 1.29 is 17.4 Å². The van der Waals surface area contributed by atoms with Crippen LogP contribution in [0.15, 0.2) is 68.9 Å². The molecule has 0 saturated heterocycles. The quantitative estimate of drug-likeness (QED) is 0.300. The minimum absolute atomic E-state index is 0.120. The molecule has 0 atom stereocenters. The summed E-state index contributed by atoms with van der Waals surface area (Å²) >= 11 is 0. The summed E-state index contributed by atoms with van der Waals surface area (Å²) < 4.78 is 39.1. The van der Waals surface area contributed by atoms with Crippen LogP contribution in [-0.2, 0) is 10.1 Å². The van der Waals surface area contributed by atoms with Crippen molar-refractivity contribution in [2.75, 3.05) is 24.5 Å². The van der Waals surface area contributed by atoms with Gasteiger partial charge in [0, 0.05) is 54.0 Å².